The second-order valence-electron chi connectivity index (χ2n) is 4.98. The molecule has 0 unspecified atom stereocenters. The number of hydrogen-bond donors (Lipinski definition) is 3. The van der Waals surface area contributed by atoms with Gasteiger partial charge in [-0.25, -0.2) is 4.79 Å². The smallest absolute Gasteiger partial charge is 0.321 e. The van der Waals surface area contributed by atoms with E-state index in [-0.39, 0.29) is 12.0 Å². The van der Waals surface area contributed by atoms with E-state index in [1.165, 1.54) is 0 Å². The van der Waals surface area contributed by atoms with Crippen LogP contribution in [0.25, 0.3) is 0 Å². The summed E-state index contributed by atoms with van der Waals surface area (Å²) in [5.74, 6) is 1.03. The van der Waals surface area contributed by atoms with Gasteiger partial charge < -0.3 is 20.1 Å². The van der Waals surface area contributed by atoms with Crippen molar-refractivity contribution in [2.45, 2.75) is 26.0 Å². The summed E-state index contributed by atoms with van der Waals surface area (Å²) in [4.78, 5) is 23.1. The Morgan fingerprint density at radius 1 is 1.32 bits per heavy atom. The molecule has 1 heterocycles. The molecule has 2 rings (SSSR count). The summed E-state index contributed by atoms with van der Waals surface area (Å²) in [5, 5.41) is 7.80. The zero-order chi connectivity index (χ0) is 15.9. The summed E-state index contributed by atoms with van der Waals surface area (Å²) >= 11 is 0. The highest BCUT2D eigenvalue weighted by Crippen LogP contribution is 2.30. The van der Waals surface area contributed by atoms with Gasteiger partial charge in [0.2, 0.25) is 5.91 Å². The molecule has 0 radical (unpaired) electrons. The molecule has 0 bridgehead atoms. The van der Waals surface area contributed by atoms with Gasteiger partial charge in [-0.3, -0.25) is 10.1 Å². The van der Waals surface area contributed by atoms with Crippen molar-refractivity contribution in [1.29, 1.82) is 0 Å². The first kappa shape index (κ1) is 16.1. The molecule has 0 aromatic heterocycles. The van der Waals surface area contributed by atoms with Crippen LogP contribution in [0, 0.1) is 0 Å². The molecule has 3 N–H and O–H groups in total. The molecule has 1 aliphatic rings. The Bertz CT molecular complexity index is 535. The molecular weight excluding hydrogens is 286 g/mol. The van der Waals surface area contributed by atoms with Crippen LogP contribution in [0.2, 0.25) is 0 Å². The van der Waals surface area contributed by atoms with Crippen molar-refractivity contribution in [3.8, 4) is 11.5 Å². The molecule has 1 aromatic rings. The zero-order valence-corrected chi connectivity index (χ0v) is 12.7. The van der Waals surface area contributed by atoms with Gasteiger partial charge in [0.15, 0.2) is 11.5 Å². The van der Waals surface area contributed by atoms with Crippen LogP contribution in [0.5, 0.6) is 11.5 Å². The van der Waals surface area contributed by atoms with Gasteiger partial charge in [0.25, 0.3) is 0 Å². The quantitative estimate of drug-likeness (QED) is 0.743. The molecule has 7 nitrogen and oxygen atoms in total. The molecule has 120 valence electrons. The highest BCUT2D eigenvalue weighted by Gasteiger charge is 2.22. The SMILES string of the molecule is CCNC(=O)NC(=O)[C@H](C)NC[C@H]1COc2ccccc2O1. The minimum absolute atomic E-state index is 0.186. The van der Waals surface area contributed by atoms with Gasteiger partial charge >= 0.3 is 6.03 Å². The van der Waals surface area contributed by atoms with Crippen molar-refractivity contribution in [3.05, 3.63) is 24.3 Å². The fourth-order valence-corrected chi connectivity index (χ4v) is 1.99. The predicted octanol–water partition coefficient (Wildman–Crippen LogP) is 0.650. The van der Waals surface area contributed by atoms with Crippen molar-refractivity contribution in [3.63, 3.8) is 0 Å². The van der Waals surface area contributed by atoms with Crippen molar-refractivity contribution in [2.75, 3.05) is 19.7 Å². The van der Waals surface area contributed by atoms with Crippen LogP contribution >= 0.6 is 0 Å². The molecule has 22 heavy (non-hydrogen) atoms. The number of para-hydroxylation sites is 2. The van der Waals surface area contributed by atoms with Crippen LogP contribution in [0.1, 0.15) is 13.8 Å². The first-order valence-electron chi connectivity index (χ1n) is 7.30. The summed E-state index contributed by atoms with van der Waals surface area (Å²) in [6, 6.07) is 6.44. The summed E-state index contributed by atoms with van der Waals surface area (Å²) in [5.41, 5.74) is 0. The lowest BCUT2D eigenvalue weighted by Crippen LogP contribution is -2.50. The average Bonchev–Trinajstić information content (AvgIpc) is 2.52. The van der Waals surface area contributed by atoms with Gasteiger partial charge in [-0.15, -0.1) is 0 Å². The number of benzene rings is 1. The second kappa shape index (κ2) is 7.65. The van der Waals surface area contributed by atoms with Crippen LogP contribution in [0.3, 0.4) is 0 Å². The molecule has 0 fully saturated rings. The maximum absolute atomic E-state index is 11.8. The standard InChI is InChI=1S/C15H21N3O4/c1-3-16-15(20)18-14(19)10(2)17-8-11-9-21-12-6-4-5-7-13(12)22-11/h4-7,10-11,17H,3,8-9H2,1-2H3,(H2,16,18,19,20)/t10-,11-/m0/s1. The Labute approximate surface area is 129 Å². The first-order chi connectivity index (χ1) is 10.6. The third kappa shape index (κ3) is 4.36. The summed E-state index contributed by atoms with van der Waals surface area (Å²) in [6.07, 6.45) is -0.186. The number of carbonyl (C=O) groups excluding carboxylic acids is 2. The lowest BCUT2D eigenvalue weighted by Gasteiger charge is -2.27. The Balaban J connectivity index is 1.76. The summed E-state index contributed by atoms with van der Waals surface area (Å²) in [6.45, 7) is 4.79. The molecule has 3 amide bonds. The minimum atomic E-state index is -0.511. The predicted molar refractivity (Wildman–Crippen MR) is 81.0 cm³/mol. The van der Waals surface area contributed by atoms with E-state index >= 15 is 0 Å². The van der Waals surface area contributed by atoms with Crippen molar-refractivity contribution >= 4 is 11.9 Å². The third-order valence-electron chi connectivity index (χ3n) is 3.19. The molecule has 0 saturated carbocycles. The van der Waals surface area contributed by atoms with Crippen LogP contribution in [-0.2, 0) is 4.79 Å². The minimum Gasteiger partial charge on any atom is -0.486 e. The highest BCUT2D eigenvalue weighted by molar-refractivity contribution is 5.96. The Morgan fingerprint density at radius 2 is 2.05 bits per heavy atom. The number of fused-ring (bicyclic) bond motifs is 1. The number of amides is 3. The largest absolute Gasteiger partial charge is 0.486 e. The second-order valence-corrected chi connectivity index (χ2v) is 4.98. The molecule has 0 spiro atoms. The van der Waals surface area contributed by atoms with Crippen LogP contribution in [0.15, 0.2) is 24.3 Å². The van der Waals surface area contributed by atoms with E-state index in [9.17, 15) is 9.59 Å². The lowest BCUT2D eigenvalue weighted by atomic mass is 10.2. The Morgan fingerprint density at radius 3 is 2.77 bits per heavy atom. The molecule has 1 aromatic carbocycles. The van der Waals surface area contributed by atoms with E-state index in [4.69, 9.17) is 9.47 Å². The van der Waals surface area contributed by atoms with Crippen molar-refractivity contribution < 1.29 is 19.1 Å². The first-order valence-corrected chi connectivity index (χ1v) is 7.30. The van der Waals surface area contributed by atoms with Gasteiger partial charge in [-0.2, -0.15) is 0 Å². The number of nitrogens with one attached hydrogen (secondary N) is 3. The van der Waals surface area contributed by atoms with Gasteiger partial charge in [0.1, 0.15) is 12.7 Å². The molecule has 2 atom stereocenters. The average molecular weight is 307 g/mol. The summed E-state index contributed by atoms with van der Waals surface area (Å²) in [7, 11) is 0. The van der Waals surface area contributed by atoms with Crippen molar-refractivity contribution in [1.82, 2.24) is 16.0 Å². The van der Waals surface area contributed by atoms with Crippen LogP contribution in [-0.4, -0.2) is 43.8 Å². The number of hydrogen-bond acceptors (Lipinski definition) is 5. The molecule has 1 aliphatic heterocycles. The monoisotopic (exact) mass is 307 g/mol. The Kier molecular flexibility index (Phi) is 5.60. The van der Waals surface area contributed by atoms with E-state index in [1.807, 2.05) is 24.3 Å². The normalized spacial score (nSPS) is 17.5. The van der Waals surface area contributed by atoms with Crippen LogP contribution in [0.4, 0.5) is 4.79 Å². The maximum atomic E-state index is 11.8. The van der Waals surface area contributed by atoms with Gasteiger partial charge in [-0.1, -0.05) is 12.1 Å². The maximum Gasteiger partial charge on any atom is 0.321 e. The van der Waals surface area contributed by atoms with E-state index in [2.05, 4.69) is 16.0 Å². The van der Waals surface area contributed by atoms with Gasteiger partial charge in [0.05, 0.1) is 6.04 Å². The molecule has 0 aliphatic carbocycles. The fourth-order valence-electron chi connectivity index (χ4n) is 1.99. The Hall–Kier alpha value is -2.28. The molecule has 0 saturated heterocycles. The van der Waals surface area contributed by atoms with E-state index < -0.39 is 12.1 Å². The van der Waals surface area contributed by atoms with E-state index in [0.717, 1.165) is 5.75 Å². The molecule has 7 heteroatoms. The van der Waals surface area contributed by atoms with Gasteiger partial charge in [-0.05, 0) is 26.0 Å². The number of imide groups is 1. The zero-order valence-electron chi connectivity index (χ0n) is 12.7. The lowest BCUT2D eigenvalue weighted by molar-refractivity contribution is -0.121. The van der Waals surface area contributed by atoms with E-state index in [1.54, 1.807) is 13.8 Å². The number of carbonyl (C=O) groups is 2. The fraction of sp³-hybridized carbons (Fsp3) is 0.467. The number of ether oxygens (including phenoxy) is 2. The van der Waals surface area contributed by atoms with Gasteiger partial charge in [0, 0.05) is 13.1 Å². The number of urea groups is 1. The third-order valence-corrected chi connectivity index (χ3v) is 3.19. The number of rotatable bonds is 5. The topological polar surface area (TPSA) is 88.7 Å². The van der Waals surface area contributed by atoms with E-state index in [0.29, 0.717) is 25.4 Å². The van der Waals surface area contributed by atoms with Crippen LogP contribution < -0.4 is 25.4 Å². The highest BCUT2D eigenvalue weighted by atomic mass is 16.6. The summed E-state index contributed by atoms with van der Waals surface area (Å²) < 4.78 is 11.4. The molecular formula is C15H21N3O4. The van der Waals surface area contributed by atoms with Crippen molar-refractivity contribution in [2.24, 2.45) is 0 Å².